The Morgan fingerprint density at radius 3 is 1.48 bits per heavy atom. The molecule has 1 fully saturated rings. The minimum absolute atomic E-state index is 0.109. The van der Waals surface area contributed by atoms with Gasteiger partial charge in [0, 0.05) is 5.41 Å². The van der Waals surface area contributed by atoms with Crippen LogP contribution < -0.4 is 0 Å². The highest BCUT2D eigenvalue weighted by Crippen LogP contribution is 2.70. The zero-order valence-electron chi connectivity index (χ0n) is 14.3. The molecule has 0 radical (unpaired) electrons. The van der Waals surface area contributed by atoms with Gasteiger partial charge in [-0.15, -0.1) is 19.7 Å². The van der Waals surface area contributed by atoms with Crippen LogP contribution in [0.1, 0.15) is 34.6 Å². The largest absolute Gasteiger partial charge is 0.395 e. The van der Waals surface area contributed by atoms with Gasteiger partial charge in [-0.05, 0) is 10.5 Å². The molecule has 1 heterocycles. The van der Waals surface area contributed by atoms with Gasteiger partial charge in [0.2, 0.25) is 8.32 Å². The second-order valence-electron chi connectivity index (χ2n) is 7.16. The first kappa shape index (κ1) is 17.9. The van der Waals surface area contributed by atoms with Gasteiger partial charge in [0.05, 0.1) is 0 Å². The predicted octanol–water partition coefficient (Wildman–Crippen LogP) is 5.52. The maximum absolute atomic E-state index is 6.71. The molecule has 1 atom stereocenters. The molecule has 2 heteroatoms. The molecule has 0 spiro atoms. The predicted molar refractivity (Wildman–Crippen MR) is 96.5 cm³/mol. The monoisotopic (exact) mass is 302 g/mol. The van der Waals surface area contributed by atoms with E-state index in [4.69, 9.17) is 4.43 Å². The van der Waals surface area contributed by atoms with Gasteiger partial charge < -0.3 is 4.43 Å². The summed E-state index contributed by atoms with van der Waals surface area (Å²) in [6.07, 6.45) is 5.70. The van der Waals surface area contributed by atoms with E-state index in [1.165, 1.54) is 0 Å². The highest BCUT2D eigenvalue weighted by Gasteiger charge is 2.70. The molecule has 0 bridgehead atoms. The standard InChI is InChI=1S/C19H30OSi/c1-11-18(10)16(6,7)17(8,9)21(14-4,15-5)20-19(18,12-2)13-3/h11-15H,1-5H2,6-10H3. The molecule has 1 unspecified atom stereocenters. The Kier molecular flexibility index (Phi) is 4.23. The molecular weight excluding hydrogens is 272 g/mol. The molecule has 1 nitrogen and oxygen atoms in total. The van der Waals surface area contributed by atoms with Crippen LogP contribution in [0.4, 0.5) is 0 Å². The third-order valence-corrected chi connectivity index (χ3v) is 11.1. The maximum atomic E-state index is 6.71. The summed E-state index contributed by atoms with van der Waals surface area (Å²) in [5, 5.41) is -0.109. The Morgan fingerprint density at radius 2 is 1.19 bits per heavy atom. The van der Waals surface area contributed by atoms with Crippen LogP contribution in [-0.2, 0) is 4.43 Å². The smallest absolute Gasteiger partial charge is 0.248 e. The van der Waals surface area contributed by atoms with Crippen molar-refractivity contribution >= 4 is 8.32 Å². The Morgan fingerprint density at radius 1 is 0.762 bits per heavy atom. The molecule has 116 valence electrons. The molecule has 21 heavy (non-hydrogen) atoms. The molecule has 1 saturated heterocycles. The van der Waals surface area contributed by atoms with Gasteiger partial charge in [0.25, 0.3) is 0 Å². The molecule has 1 aliphatic heterocycles. The van der Waals surface area contributed by atoms with Gasteiger partial charge in [0.15, 0.2) is 0 Å². The third kappa shape index (κ3) is 1.72. The summed E-state index contributed by atoms with van der Waals surface area (Å²) in [6.45, 7) is 31.5. The van der Waals surface area contributed by atoms with E-state index in [1.54, 1.807) is 0 Å². The first-order valence-electron chi connectivity index (χ1n) is 7.39. The van der Waals surface area contributed by atoms with E-state index in [0.717, 1.165) is 0 Å². The van der Waals surface area contributed by atoms with Crippen LogP contribution in [0, 0.1) is 10.8 Å². The zero-order chi connectivity index (χ0) is 16.7. The van der Waals surface area contributed by atoms with Crippen LogP contribution in [0.25, 0.3) is 0 Å². The summed E-state index contributed by atoms with van der Waals surface area (Å²) in [5.74, 6) is 0. The van der Waals surface area contributed by atoms with E-state index < -0.39 is 13.9 Å². The Hall–Kier alpha value is -1.12. The first-order chi connectivity index (χ1) is 9.51. The van der Waals surface area contributed by atoms with E-state index in [9.17, 15) is 0 Å². The highest BCUT2D eigenvalue weighted by atomic mass is 28.4. The van der Waals surface area contributed by atoms with Gasteiger partial charge in [-0.2, -0.15) is 0 Å². The van der Waals surface area contributed by atoms with Crippen LogP contribution in [0.2, 0.25) is 5.04 Å². The minimum atomic E-state index is -2.44. The molecule has 0 aromatic heterocycles. The summed E-state index contributed by atoms with van der Waals surface area (Å²) >= 11 is 0. The van der Waals surface area contributed by atoms with Crippen molar-refractivity contribution in [3.05, 3.63) is 62.5 Å². The van der Waals surface area contributed by atoms with E-state index >= 15 is 0 Å². The van der Waals surface area contributed by atoms with E-state index in [-0.39, 0.29) is 15.9 Å². The summed E-state index contributed by atoms with van der Waals surface area (Å²) in [6, 6.07) is 0. The van der Waals surface area contributed by atoms with Crippen LogP contribution in [0.3, 0.4) is 0 Å². The maximum Gasteiger partial charge on any atom is 0.248 e. The van der Waals surface area contributed by atoms with Crippen LogP contribution in [-0.4, -0.2) is 13.9 Å². The summed E-state index contributed by atoms with van der Waals surface area (Å²) in [4.78, 5) is 0. The fourth-order valence-electron chi connectivity index (χ4n) is 3.82. The lowest BCUT2D eigenvalue weighted by Gasteiger charge is -2.68. The lowest BCUT2D eigenvalue weighted by Crippen LogP contribution is -2.71. The normalized spacial score (nSPS) is 31.7. The second-order valence-corrected chi connectivity index (χ2v) is 11.0. The van der Waals surface area contributed by atoms with Gasteiger partial charge >= 0.3 is 0 Å². The minimum Gasteiger partial charge on any atom is -0.395 e. The lowest BCUT2D eigenvalue weighted by molar-refractivity contribution is -0.0852. The number of rotatable bonds is 5. The van der Waals surface area contributed by atoms with E-state index in [1.807, 2.05) is 29.6 Å². The van der Waals surface area contributed by atoms with Crippen molar-refractivity contribution in [1.82, 2.24) is 0 Å². The molecular formula is C19H30OSi. The molecule has 1 aliphatic rings. The third-order valence-electron chi connectivity index (χ3n) is 6.61. The van der Waals surface area contributed by atoms with Crippen LogP contribution >= 0.6 is 0 Å². The van der Waals surface area contributed by atoms with Gasteiger partial charge in [-0.1, -0.05) is 77.4 Å². The average Bonchev–Trinajstić information content (AvgIpc) is 2.47. The van der Waals surface area contributed by atoms with E-state index in [2.05, 4.69) is 67.5 Å². The van der Waals surface area contributed by atoms with Gasteiger partial charge in [-0.25, -0.2) is 0 Å². The van der Waals surface area contributed by atoms with Crippen molar-refractivity contribution in [1.29, 1.82) is 0 Å². The second kappa shape index (κ2) is 4.96. The highest BCUT2D eigenvalue weighted by molar-refractivity contribution is 6.86. The SMILES string of the molecule is C=CC1(C=C)O[Si](C=C)(C=C)C(C)(C)C(C)(C)C1(C)C=C. The molecule has 0 aromatic carbocycles. The molecule has 0 saturated carbocycles. The Labute approximate surface area is 131 Å². The molecule has 0 aliphatic carbocycles. The van der Waals surface area contributed by atoms with Gasteiger partial charge in [0.1, 0.15) is 5.60 Å². The zero-order valence-corrected chi connectivity index (χ0v) is 15.3. The number of hydrogen-bond donors (Lipinski definition) is 0. The fourth-order valence-corrected chi connectivity index (χ4v) is 7.60. The first-order valence-corrected chi connectivity index (χ1v) is 9.46. The molecule has 0 aromatic rings. The van der Waals surface area contributed by atoms with Crippen molar-refractivity contribution in [2.45, 2.75) is 45.3 Å². The quantitative estimate of drug-likeness (QED) is 0.480. The van der Waals surface area contributed by atoms with Crippen molar-refractivity contribution < 1.29 is 4.43 Å². The Balaban J connectivity index is 3.88. The van der Waals surface area contributed by atoms with E-state index in [0.29, 0.717) is 0 Å². The van der Waals surface area contributed by atoms with Crippen LogP contribution in [0.15, 0.2) is 62.5 Å². The summed E-state index contributed by atoms with van der Waals surface area (Å²) in [5.41, 5.74) is 2.83. The Bertz CT molecular complexity index is 482. The fraction of sp³-hybridized carbons (Fsp3) is 0.474. The average molecular weight is 303 g/mol. The topological polar surface area (TPSA) is 9.23 Å². The van der Waals surface area contributed by atoms with Crippen molar-refractivity contribution in [2.24, 2.45) is 10.8 Å². The van der Waals surface area contributed by atoms with Crippen molar-refractivity contribution in [2.75, 3.05) is 0 Å². The molecule has 1 rings (SSSR count). The summed E-state index contributed by atoms with van der Waals surface area (Å²) < 4.78 is 6.71. The van der Waals surface area contributed by atoms with Gasteiger partial charge in [-0.3, -0.25) is 0 Å². The molecule has 0 amide bonds. The summed E-state index contributed by atoms with van der Waals surface area (Å²) in [7, 11) is -2.44. The van der Waals surface area contributed by atoms with Crippen molar-refractivity contribution in [3.63, 3.8) is 0 Å². The van der Waals surface area contributed by atoms with Crippen LogP contribution in [0.5, 0.6) is 0 Å². The molecule has 0 N–H and O–H groups in total. The lowest BCUT2D eigenvalue weighted by atomic mass is 9.53. The number of hydrogen-bond acceptors (Lipinski definition) is 1. The van der Waals surface area contributed by atoms with Crippen molar-refractivity contribution in [3.8, 4) is 0 Å².